The Kier molecular flexibility index (Phi) is 7.44. The van der Waals surface area contributed by atoms with Crippen molar-refractivity contribution < 1.29 is 9.53 Å². The predicted molar refractivity (Wildman–Crippen MR) is 109 cm³/mol. The van der Waals surface area contributed by atoms with Gasteiger partial charge in [0.25, 0.3) is 0 Å². The summed E-state index contributed by atoms with van der Waals surface area (Å²) in [4.78, 5) is 14.2. The topological polar surface area (TPSA) is 60.2 Å². The maximum Gasteiger partial charge on any atom is 0.316 e. The van der Waals surface area contributed by atoms with Gasteiger partial charge in [-0.3, -0.25) is 9.69 Å². The van der Waals surface area contributed by atoms with Crippen molar-refractivity contribution in [2.45, 2.75) is 57.5 Å². The van der Waals surface area contributed by atoms with Crippen molar-refractivity contribution in [2.24, 2.45) is 0 Å². The summed E-state index contributed by atoms with van der Waals surface area (Å²) in [7, 11) is 4.09. The average molecular weight is 391 g/mol. The van der Waals surface area contributed by atoms with Crippen LogP contribution in [0.2, 0.25) is 0 Å². The first-order chi connectivity index (χ1) is 12.7. The minimum absolute atomic E-state index is 0.164. The van der Waals surface area contributed by atoms with Crippen LogP contribution in [0.4, 0.5) is 0 Å². The lowest BCUT2D eigenvalue weighted by atomic mass is 10.2. The summed E-state index contributed by atoms with van der Waals surface area (Å²) in [5, 5.41) is 9.57. The minimum Gasteiger partial charge on any atom is -0.459 e. The lowest BCUT2D eigenvalue weighted by molar-refractivity contribution is -0.151. The average Bonchev–Trinajstić information content (AvgIpc) is 2.95. The van der Waals surface area contributed by atoms with Gasteiger partial charge < -0.3 is 9.30 Å². The molecule has 0 aliphatic carbocycles. The molecular weight excluding hydrogens is 360 g/mol. The van der Waals surface area contributed by atoms with Crippen LogP contribution in [-0.2, 0) is 16.1 Å². The van der Waals surface area contributed by atoms with E-state index in [9.17, 15) is 4.79 Å². The van der Waals surface area contributed by atoms with Gasteiger partial charge in [-0.1, -0.05) is 49.0 Å². The van der Waals surface area contributed by atoms with Crippen LogP contribution in [0.5, 0.6) is 0 Å². The van der Waals surface area contributed by atoms with E-state index < -0.39 is 5.60 Å². The third-order valence-corrected chi connectivity index (χ3v) is 4.92. The van der Waals surface area contributed by atoms with Crippen molar-refractivity contribution in [3.63, 3.8) is 0 Å². The van der Waals surface area contributed by atoms with Crippen LogP contribution >= 0.6 is 11.8 Å². The zero-order valence-corrected chi connectivity index (χ0v) is 17.9. The van der Waals surface area contributed by atoms with Crippen molar-refractivity contribution in [3.05, 3.63) is 41.7 Å². The fraction of sp³-hybridized carbons (Fsp3) is 0.550. The zero-order chi connectivity index (χ0) is 20.0. The molecule has 6 nitrogen and oxygen atoms in total. The maximum absolute atomic E-state index is 12.1. The van der Waals surface area contributed by atoms with E-state index in [1.165, 1.54) is 17.3 Å². The molecule has 1 atom stereocenters. The molecule has 27 heavy (non-hydrogen) atoms. The largest absolute Gasteiger partial charge is 0.459 e. The quantitative estimate of drug-likeness (QED) is 0.505. The Morgan fingerprint density at radius 2 is 1.89 bits per heavy atom. The zero-order valence-electron chi connectivity index (χ0n) is 17.1. The molecule has 148 valence electrons. The molecule has 0 aliphatic heterocycles. The molecule has 0 N–H and O–H groups in total. The summed E-state index contributed by atoms with van der Waals surface area (Å²) in [5.74, 6) is 0.879. The van der Waals surface area contributed by atoms with Gasteiger partial charge in [0.1, 0.15) is 5.60 Å². The first-order valence-electron chi connectivity index (χ1n) is 9.19. The second-order valence-corrected chi connectivity index (χ2v) is 8.62. The van der Waals surface area contributed by atoms with Gasteiger partial charge in [0.05, 0.1) is 18.3 Å². The van der Waals surface area contributed by atoms with Crippen LogP contribution in [0.1, 0.15) is 51.5 Å². The molecule has 1 aromatic carbocycles. The number of hydrogen-bond acceptors (Lipinski definition) is 6. The molecule has 2 aromatic rings. The van der Waals surface area contributed by atoms with E-state index in [2.05, 4.69) is 38.7 Å². The Labute approximate surface area is 166 Å². The van der Waals surface area contributed by atoms with Crippen molar-refractivity contribution in [2.75, 3.05) is 19.8 Å². The Morgan fingerprint density at radius 3 is 2.44 bits per heavy atom. The molecule has 0 fully saturated rings. The van der Waals surface area contributed by atoms with Gasteiger partial charge >= 0.3 is 5.97 Å². The number of rotatable bonds is 8. The van der Waals surface area contributed by atoms with E-state index in [4.69, 9.17) is 4.74 Å². The number of nitrogens with zero attached hydrogens (tertiary/aromatic N) is 4. The van der Waals surface area contributed by atoms with Crippen LogP contribution in [0.3, 0.4) is 0 Å². The molecule has 0 saturated carbocycles. The molecule has 0 spiro atoms. The molecular formula is C20H30N4O2S. The highest BCUT2D eigenvalue weighted by Gasteiger charge is 2.23. The molecule has 1 heterocycles. The van der Waals surface area contributed by atoms with E-state index >= 15 is 0 Å². The monoisotopic (exact) mass is 390 g/mol. The number of ether oxygens (including phenoxy) is 1. The number of carbonyl (C=O) groups excluding carboxylic acids is 1. The number of hydrogen-bond donors (Lipinski definition) is 0. The Bertz CT molecular complexity index is 738. The Hall–Kier alpha value is -1.86. The first-order valence-corrected chi connectivity index (χ1v) is 10.2. The fourth-order valence-electron chi connectivity index (χ4n) is 2.84. The molecule has 0 amide bonds. The fourth-order valence-corrected chi connectivity index (χ4v) is 3.56. The Balaban J connectivity index is 2.25. The first kappa shape index (κ1) is 21.4. The summed E-state index contributed by atoms with van der Waals surface area (Å²) in [6.07, 6.45) is 0.927. The number of aromatic nitrogens is 3. The van der Waals surface area contributed by atoms with Crippen molar-refractivity contribution in [1.82, 2.24) is 19.7 Å². The second kappa shape index (κ2) is 9.37. The lowest BCUT2D eigenvalue weighted by Gasteiger charge is -2.23. The SMILES string of the molecule is CC[C@@H](c1nnc(SCC(=O)OC(C)(C)C)n1Cc1ccccc1)N(C)C. The molecule has 0 radical (unpaired) electrons. The summed E-state index contributed by atoms with van der Waals surface area (Å²) in [6.45, 7) is 8.42. The third-order valence-electron chi connectivity index (χ3n) is 3.98. The van der Waals surface area contributed by atoms with E-state index in [1.807, 2.05) is 53.1 Å². The van der Waals surface area contributed by atoms with Crippen molar-refractivity contribution in [3.8, 4) is 0 Å². The van der Waals surface area contributed by atoms with Gasteiger partial charge in [-0.25, -0.2) is 0 Å². The molecule has 0 bridgehead atoms. The number of thioether (sulfide) groups is 1. The molecule has 0 unspecified atom stereocenters. The summed E-state index contributed by atoms with van der Waals surface area (Å²) < 4.78 is 7.52. The molecule has 1 aromatic heterocycles. The van der Waals surface area contributed by atoms with Crippen LogP contribution in [0.15, 0.2) is 35.5 Å². The molecule has 7 heteroatoms. The summed E-state index contributed by atoms with van der Waals surface area (Å²) in [6, 6.07) is 10.4. The lowest BCUT2D eigenvalue weighted by Crippen LogP contribution is -2.25. The second-order valence-electron chi connectivity index (χ2n) is 7.68. The molecule has 0 aliphatic rings. The highest BCUT2D eigenvalue weighted by atomic mass is 32.2. The van der Waals surface area contributed by atoms with Gasteiger partial charge in [-0.05, 0) is 46.9 Å². The number of carbonyl (C=O) groups is 1. The van der Waals surface area contributed by atoms with Gasteiger partial charge in [-0.15, -0.1) is 10.2 Å². The molecule has 0 saturated heterocycles. The van der Waals surface area contributed by atoms with Crippen LogP contribution in [0.25, 0.3) is 0 Å². The van der Waals surface area contributed by atoms with Crippen LogP contribution in [-0.4, -0.2) is 51.1 Å². The number of esters is 1. The van der Waals surface area contributed by atoms with Gasteiger partial charge in [0.2, 0.25) is 0 Å². The summed E-state index contributed by atoms with van der Waals surface area (Å²) in [5.41, 5.74) is 0.685. The predicted octanol–water partition coefficient (Wildman–Crippen LogP) is 3.77. The van der Waals surface area contributed by atoms with E-state index in [1.54, 1.807) is 0 Å². The standard InChI is InChI=1S/C20H30N4O2S/c1-7-16(23(5)6)18-21-22-19(27-14-17(25)26-20(2,3)4)24(18)13-15-11-9-8-10-12-15/h8-12,16H,7,13-14H2,1-6H3/t16-/m0/s1. The van der Waals surface area contributed by atoms with Crippen molar-refractivity contribution >= 4 is 17.7 Å². The molecule has 2 rings (SSSR count). The van der Waals surface area contributed by atoms with E-state index in [0.29, 0.717) is 6.54 Å². The highest BCUT2D eigenvalue weighted by Crippen LogP contribution is 2.26. The third kappa shape index (κ3) is 6.36. The van der Waals surface area contributed by atoms with Crippen molar-refractivity contribution in [1.29, 1.82) is 0 Å². The smallest absolute Gasteiger partial charge is 0.316 e. The summed E-state index contributed by atoms with van der Waals surface area (Å²) >= 11 is 1.37. The highest BCUT2D eigenvalue weighted by molar-refractivity contribution is 7.99. The van der Waals surface area contributed by atoms with Gasteiger partial charge in [0, 0.05) is 0 Å². The van der Waals surface area contributed by atoms with Crippen LogP contribution in [0, 0.1) is 0 Å². The number of benzene rings is 1. The normalized spacial score (nSPS) is 13.0. The maximum atomic E-state index is 12.1. The van der Waals surface area contributed by atoms with E-state index in [-0.39, 0.29) is 17.8 Å². The minimum atomic E-state index is -0.487. The van der Waals surface area contributed by atoms with Gasteiger partial charge in [-0.2, -0.15) is 0 Å². The Morgan fingerprint density at radius 1 is 1.22 bits per heavy atom. The van der Waals surface area contributed by atoms with Gasteiger partial charge in [0.15, 0.2) is 11.0 Å². The van der Waals surface area contributed by atoms with E-state index in [0.717, 1.165) is 17.4 Å². The van der Waals surface area contributed by atoms with Crippen LogP contribution < -0.4 is 0 Å².